The maximum Gasteiger partial charge on any atom is 0.406 e. The summed E-state index contributed by atoms with van der Waals surface area (Å²) in [6.45, 7) is 11.7. The molecule has 2 aliphatic rings. The lowest BCUT2D eigenvalue weighted by Crippen LogP contribution is -2.53. The van der Waals surface area contributed by atoms with Crippen LogP contribution in [0, 0.1) is 5.41 Å². The van der Waals surface area contributed by atoms with Gasteiger partial charge in [-0.25, -0.2) is 0 Å². The highest BCUT2D eigenvalue weighted by atomic mass is 19.4. The second-order valence-electron chi connectivity index (χ2n) is 8.19. The first-order valence-electron chi connectivity index (χ1n) is 7.40. The van der Waals surface area contributed by atoms with E-state index in [0.29, 0.717) is 18.6 Å². The fourth-order valence-corrected chi connectivity index (χ4v) is 3.82. The summed E-state index contributed by atoms with van der Waals surface area (Å²) in [7, 11) is 0. The van der Waals surface area contributed by atoms with Gasteiger partial charge in [-0.1, -0.05) is 0 Å². The van der Waals surface area contributed by atoms with Crippen LogP contribution in [0.4, 0.5) is 13.2 Å². The molecule has 5 heteroatoms. The monoisotopic (exact) mass is 292 g/mol. The van der Waals surface area contributed by atoms with E-state index in [9.17, 15) is 13.2 Å². The van der Waals surface area contributed by atoms with Gasteiger partial charge >= 0.3 is 6.18 Å². The van der Waals surface area contributed by atoms with E-state index in [0.717, 1.165) is 12.8 Å². The minimum Gasteiger partial charge on any atom is -0.303 e. The standard InChI is InChI=1S/C15H27F3N2/c1-10-7-14(8-11(14)20(10)12(2,3)4)9-19-13(5,6)15(16,17)18/h10-11,19H,7-9H2,1-6H3/t10-,11-,14+/m1/s1. The first-order chi connectivity index (χ1) is 8.80. The highest BCUT2D eigenvalue weighted by Crippen LogP contribution is 2.61. The summed E-state index contributed by atoms with van der Waals surface area (Å²) in [6, 6.07) is 0.888. The molecule has 20 heavy (non-hydrogen) atoms. The topological polar surface area (TPSA) is 15.3 Å². The summed E-state index contributed by atoms with van der Waals surface area (Å²) in [4.78, 5) is 2.48. The van der Waals surface area contributed by atoms with E-state index in [1.807, 2.05) is 0 Å². The van der Waals surface area contributed by atoms with Gasteiger partial charge in [-0.05, 0) is 54.4 Å². The van der Waals surface area contributed by atoms with Crippen molar-refractivity contribution < 1.29 is 13.2 Å². The van der Waals surface area contributed by atoms with E-state index in [1.54, 1.807) is 0 Å². The molecule has 1 N–H and O–H groups in total. The lowest BCUT2D eigenvalue weighted by atomic mass is 9.97. The van der Waals surface area contributed by atoms with Crippen molar-refractivity contribution >= 4 is 0 Å². The molecule has 0 radical (unpaired) electrons. The Bertz CT molecular complexity index is 384. The molecule has 0 bridgehead atoms. The molecule has 0 aromatic rings. The molecule has 0 aromatic heterocycles. The summed E-state index contributed by atoms with van der Waals surface area (Å²) in [5, 5.41) is 2.76. The van der Waals surface area contributed by atoms with E-state index in [1.165, 1.54) is 13.8 Å². The first kappa shape index (κ1) is 16.1. The third-order valence-corrected chi connectivity index (χ3v) is 5.02. The minimum absolute atomic E-state index is 0.0508. The summed E-state index contributed by atoms with van der Waals surface area (Å²) < 4.78 is 38.7. The van der Waals surface area contributed by atoms with Crippen molar-refractivity contribution in [2.75, 3.05) is 6.54 Å². The molecule has 2 nitrogen and oxygen atoms in total. The largest absolute Gasteiger partial charge is 0.406 e. The Morgan fingerprint density at radius 3 is 2.05 bits per heavy atom. The SMILES string of the molecule is C[C@@H]1C[C@@]2(CNC(C)(C)C(F)(F)F)C[C@H]2N1C(C)(C)C. The van der Waals surface area contributed by atoms with E-state index in [2.05, 4.69) is 37.9 Å². The fourth-order valence-electron chi connectivity index (χ4n) is 3.82. The van der Waals surface area contributed by atoms with Gasteiger partial charge in [-0.15, -0.1) is 0 Å². The van der Waals surface area contributed by atoms with Crippen LogP contribution in [0.2, 0.25) is 0 Å². The third kappa shape index (κ3) is 2.59. The van der Waals surface area contributed by atoms with Crippen LogP contribution in [0.1, 0.15) is 54.4 Å². The van der Waals surface area contributed by atoms with Gasteiger partial charge in [0, 0.05) is 29.6 Å². The Morgan fingerprint density at radius 1 is 1.10 bits per heavy atom. The predicted molar refractivity (Wildman–Crippen MR) is 74.6 cm³/mol. The van der Waals surface area contributed by atoms with Crippen molar-refractivity contribution in [2.24, 2.45) is 5.41 Å². The number of alkyl halides is 3. The molecule has 1 aliphatic carbocycles. The number of nitrogens with zero attached hydrogens (tertiary/aromatic N) is 1. The Hall–Kier alpha value is -0.290. The van der Waals surface area contributed by atoms with Crippen LogP contribution in [0.15, 0.2) is 0 Å². The summed E-state index contributed by atoms with van der Waals surface area (Å²) in [5.41, 5.74) is -1.68. The highest BCUT2D eigenvalue weighted by molar-refractivity contribution is 5.19. The second-order valence-corrected chi connectivity index (χ2v) is 8.19. The van der Waals surface area contributed by atoms with Crippen molar-refractivity contribution in [1.29, 1.82) is 0 Å². The Morgan fingerprint density at radius 2 is 1.65 bits per heavy atom. The lowest BCUT2D eigenvalue weighted by Gasteiger charge is -2.37. The summed E-state index contributed by atoms with van der Waals surface area (Å²) >= 11 is 0. The average molecular weight is 292 g/mol. The van der Waals surface area contributed by atoms with Crippen LogP contribution >= 0.6 is 0 Å². The van der Waals surface area contributed by atoms with E-state index in [4.69, 9.17) is 0 Å². The molecule has 118 valence electrons. The number of hydrogen-bond acceptors (Lipinski definition) is 2. The Balaban J connectivity index is 2.01. The molecule has 1 saturated carbocycles. The van der Waals surface area contributed by atoms with Crippen LogP contribution < -0.4 is 5.32 Å². The van der Waals surface area contributed by atoms with Crippen LogP contribution in [0.5, 0.6) is 0 Å². The van der Waals surface area contributed by atoms with E-state index in [-0.39, 0.29) is 11.0 Å². The molecule has 0 aromatic carbocycles. The molecular weight excluding hydrogens is 265 g/mol. The molecule has 0 spiro atoms. The van der Waals surface area contributed by atoms with Crippen LogP contribution in [-0.2, 0) is 0 Å². The zero-order valence-electron chi connectivity index (χ0n) is 13.4. The lowest BCUT2D eigenvalue weighted by molar-refractivity contribution is -0.186. The zero-order valence-corrected chi connectivity index (χ0v) is 13.4. The first-order valence-corrected chi connectivity index (χ1v) is 7.40. The van der Waals surface area contributed by atoms with Gasteiger partial charge in [0.1, 0.15) is 5.54 Å². The minimum atomic E-state index is -4.21. The molecular formula is C15H27F3N2. The third-order valence-electron chi connectivity index (χ3n) is 5.02. The van der Waals surface area contributed by atoms with Gasteiger partial charge in [0.05, 0.1) is 0 Å². The van der Waals surface area contributed by atoms with Gasteiger partial charge in [-0.2, -0.15) is 13.2 Å². The van der Waals surface area contributed by atoms with Gasteiger partial charge in [0.2, 0.25) is 0 Å². The molecule has 2 rings (SSSR count). The van der Waals surface area contributed by atoms with Gasteiger partial charge in [0.25, 0.3) is 0 Å². The van der Waals surface area contributed by atoms with E-state index >= 15 is 0 Å². The average Bonchev–Trinajstić information content (AvgIpc) is 2.78. The number of hydrogen-bond donors (Lipinski definition) is 1. The van der Waals surface area contributed by atoms with Crippen LogP contribution in [0.25, 0.3) is 0 Å². The maximum absolute atomic E-state index is 12.9. The summed E-state index contributed by atoms with van der Waals surface area (Å²) in [5.74, 6) is 0. The van der Waals surface area contributed by atoms with Crippen molar-refractivity contribution in [3.05, 3.63) is 0 Å². The molecule has 0 amide bonds. The molecule has 1 heterocycles. The normalized spacial score (nSPS) is 35.2. The number of piperidine rings is 1. The summed E-state index contributed by atoms with van der Waals surface area (Å²) in [6.07, 6.45) is -2.19. The van der Waals surface area contributed by atoms with Crippen LogP contribution in [-0.4, -0.2) is 40.8 Å². The predicted octanol–water partition coefficient (Wildman–Crippen LogP) is 3.57. The fraction of sp³-hybridized carbons (Fsp3) is 1.00. The van der Waals surface area contributed by atoms with Gasteiger partial charge in [-0.3, -0.25) is 4.90 Å². The van der Waals surface area contributed by atoms with Crippen LogP contribution in [0.3, 0.4) is 0 Å². The number of fused-ring (bicyclic) bond motifs is 1. The number of nitrogens with one attached hydrogen (secondary N) is 1. The smallest absolute Gasteiger partial charge is 0.303 e. The number of halogens is 3. The number of rotatable bonds is 3. The van der Waals surface area contributed by atoms with Crippen molar-refractivity contribution in [1.82, 2.24) is 10.2 Å². The zero-order chi connectivity index (χ0) is 15.6. The van der Waals surface area contributed by atoms with Crippen molar-refractivity contribution in [3.8, 4) is 0 Å². The Labute approximate surface area is 120 Å². The second kappa shape index (κ2) is 4.35. The maximum atomic E-state index is 12.9. The highest BCUT2D eigenvalue weighted by Gasteiger charge is 2.65. The molecule has 1 aliphatic heterocycles. The van der Waals surface area contributed by atoms with Crippen molar-refractivity contribution in [3.63, 3.8) is 0 Å². The molecule has 2 fully saturated rings. The van der Waals surface area contributed by atoms with Gasteiger partial charge < -0.3 is 5.32 Å². The molecule has 1 saturated heterocycles. The number of likely N-dealkylation sites (tertiary alicyclic amines) is 1. The molecule has 0 unspecified atom stereocenters. The van der Waals surface area contributed by atoms with E-state index < -0.39 is 11.7 Å². The quantitative estimate of drug-likeness (QED) is 0.855. The Kier molecular flexibility index (Phi) is 3.50. The molecule has 3 atom stereocenters. The van der Waals surface area contributed by atoms with Crippen molar-refractivity contribution in [2.45, 2.75) is 83.7 Å². The van der Waals surface area contributed by atoms with Gasteiger partial charge in [0.15, 0.2) is 0 Å².